The quantitative estimate of drug-likeness (QED) is 0.309. The smallest absolute Gasteiger partial charge is 0.376 e. The molecule has 0 N–H and O–H groups in total. The number of hydrogen-bond acceptors (Lipinski definition) is 6. The first-order valence-electron chi connectivity index (χ1n) is 9.46. The Hall–Kier alpha value is -1.65. The van der Waals surface area contributed by atoms with E-state index in [1.807, 2.05) is 12.1 Å². The van der Waals surface area contributed by atoms with E-state index in [1.54, 1.807) is 32.9 Å². The first-order chi connectivity index (χ1) is 12.7. The maximum atomic E-state index is 12.7. The molecule has 3 atom stereocenters. The molecule has 0 heterocycles. The lowest BCUT2D eigenvalue weighted by Gasteiger charge is -2.30. The summed E-state index contributed by atoms with van der Waals surface area (Å²) in [6.07, 6.45) is 1.02. The molecule has 1 aromatic carbocycles. The van der Waals surface area contributed by atoms with Crippen LogP contribution in [0.3, 0.4) is 0 Å². The van der Waals surface area contributed by atoms with E-state index >= 15 is 0 Å². The molecule has 1 aromatic rings. The van der Waals surface area contributed by atoms with E-state index in [0.29, 0.717) is 11.7 Å². The van der Waals surface area contributed by atoms with Gasteiger partial charge in [0.15, 0.2) is 0 Å². The molecule has 3 unspecified atom stereocenters. The Labute approximate surface area is 168 Å². The first-order valence-corrected chi connectivity index (χ1v) is 11.5. The average Bonchev–Trinajstić information content (AvgIpc) is 2.57. The second-order valence-electron chi connectivity index (χ2n) is 8.40. The molecule has 0 aliphatic rings. The van der Waals surface area contributed by atoms with Crippen LogP contribution in [0.1, 0.15) is 66.4 Å². The summed E-state index contributed by atoms with van der Waals surface area (Å²) in [6, 6.07) is 7.31. The van der Waals surface area contributed by atoms with Crippen LogP contribution in [0.2, 0.25) is 0 Å². The zero-order valence-electron chi connectivity index (χ0n) is 18.2. The number of hydrogen-bond donors (Lipinski definition) is 0. The van der Waals surface area contributed by atoms with Gasteiger partial charge in [0.25, 0.3) is 0 Å². The normalized spacial score (nSPS) is 17.1. The molecule has 0 spiro atoms. The second-order valence-corrected chi connectivity index (χ2v) is 10.4. The van der Waals surface area contributed by atoms with Crippen LogP contribution < -0.4 is 4.52 Å². The van der Waals surface area contributed by atoms with E-state index in [9.17, 15) is 14.2 Å². The van der Waals surface area contributed by atoms with Crippen LogP contribution in [0.25, 0.3) is 0 Å². The minimum atomic E-state index is -3.55. The van der Waals surface area contributed by atoms with Crippen molar-refractivity contribution in [3.63, 3.8) is 0 Å². The lowest BCUT2D eigenvalue weighted by atomic mass is 9.87. The molecule has 7 heteroatoms. The third kappa shape index (κ3) is 7.06. The zero-order valence-corrected chi connectivity index (χ0v) is 19.1. The summed E-state index contributed by atoms with van der Waals surface area (Å²) in [4.78, 5) is 24.6. The van der Waals surface area contributed by atoms with Crippen LogP contribution in [0, 0.1) is 5.41 Å². The van der Waals surface area contributed by atoms with Gasteiger partial charge in [-0.15, -0.1) is 0 Å². The number of carbonyl (C=O) groups excluding carboxylic acids is 2. The summed E-state index contributed by atoms with van der Waals surface area (Å²) >= 11 is 0. The van der Waals surface area contributed by atoms with Gasteiger partial charge in [-0.3, -0.25) is 14.1 Å². The van der Waals surface area contributed by atoms with Gasteiger partial charge in [0, 0.05) is 6.66 Å². The number of esters is 1. The molecule has 6 nitrogen and oxygen atoms in total. The fourth-order valence-corrected chi connectivity index (χ4v) is 3.30. The van der Waals surface area contributed by atoms with Crippen molar-refractivity contribution in [1.82, 2.24) is 0 Å². The lowest BCUT2D eigenvalue weighted by molar-refractivity contribution is -0.170. The molecule has 158 valence electrons. The third-order valence-corrected chi connectivity index (χ3v) is 5.69. The molecule has 1 rings (SSSR count). The minimum absolute atomic E-state index is 0.393. The van der Waals surface area contributed by atoms with Crippen LogP contribution in [-0.4, -0.2) is 30.6 Å². The van der Waals surface area contributed by atoms with Crippen LogP contribution >= 0.6 is 7.60 Å². The molecule has 28 heavy (non-hydrogen) atoms. The molecule has 0 saturated heterocycles. The number of ketones is 1. The van der Waals surface area contributed by atoms with E-state index < -0.39 is 37.0 Å². The molecular weight excluding hydrogens is 379 g/mol. The summed E-state index contributed by atoms with van der Waals surface area (Å²) in [7, 11) is -3.55. The third-order valence-electron chi connectivity index (χ3n) is 4.55. The van der Waals surface area contributed by atoms with E-state index in [1.165, 1.54) is 20.5 Å². The fraction of sp³-hybridized carbons (Fsp3) is 0.619. The first kappa shape index (κ1) is 24.4. The van der Waals surface area contributed by atoms with Crippen molar-refractivity contribution in [3.8, 4) is 5.75 Å². The minimum Gasteiger partial charge on any atom is -0.459 e. The SMILES string of the molecule is CCC(C)c1ccc(OP(C)(=O)OCC(C)(C(C)=O)C(=O)OC(C)(C)C)cc1. The van der Waals surface area contributed by atoms with E-state index in [-0.39, 0.29) is 0 Å². The molecule has 0 aliphatic heterocycles. The molecule has 0 aliphatic carbocycles. The molecule has 0 radical (unpaired) electrons. The maximum Gasteiger partial charge on any atom is 0.376 e. The van der Waals surface area contributed by atoms with Gasteiger partial charge in [0.2, 0.25) is 0 Å². The predicted octanol–water partition coefficient (Wildman–Crippen LogP) is 5.36. The molecule has 0 bridgehead atoms. The Morgan fingerprint density at radius 1 is 1.11 bits per heavy atom. The van der Waals surface area contributed by atoms with Crippen molar-refractivity contribution < 1.29 is 27.9 Å². The van der Waals surface area contributed by atoms with Crippen LogP contribution in [0.5, 0.6) is 5.75 Å². The molecule has 0 fully saturated rings. The van der Waals surface area contributed by atoms with Crippen LogP contribution in [0.15, 0.2) is 24.3 Å². The van der Waals surface area contributed by atoms with Gasteiger partial charge in [-0.05, 0) is 64.7 Å². The average molecular weight is 412 g/mol. The van der Waals surface area contributed by atoms with E-state index in [0.717, 1.165) is 12.0 Å². The summed E-state index contributed by atoms with van der Waals surface area (Å²) < 4.78 is 29.0. The topological polar surface area (TPSA) is 78.9 Å². The predicted molar refractivity (Wildman–Crippen MR) is 110 cm³/mol. The van der Waals surface area contributed by atoms with Gasteiger partial charge in [-0.2, -0.15) is 0 Å². The van der Waals surface area contributed by atoms with Crippen molar-refractivity contribution in [2.75, 3.05) is 13.3 Å². The number of Topliss-reactive ketones (excluding diaryl/α,β-unsaturated/α-hetero) is 1. The Morgan fingerprint density at radius 3 is 2.07 bits per heavy atom. The van der Waals surface area contributed by atoms with Crippen LogP contribution in [0.4, 0.5) is 0 Å². The number of benzene rings is 1. The monoisotopic (exact) mass is 412 g/mol. The number of ether oxygens (including phenoxy) is 1. The van der Waals surface area contributed by atoms with Crippen LogP contribution in [-0.2, 0) is 23.4 Å². The Bertz CT molecular complexity index is 734. The highest BCUT2D eigenvalue weighted by atomic mass is 31.2. The molecule has 0 amide bonds. The van der Waals surface area contributed by atoms with E-state index in [4.69, 9.17) is 13.8 Å². The van der Waals surface area contributed by atoms with Gasteiger partial charge in [0.05, 0.1) is 6.61 Å². The van der Waals surface area contributed by atoms with Crippen molar-refractivity contribution >= 4 is 19.3 Å². The van der Waals surface area contributed by atoms with E-state index in [2.05, 4.69) is 13.8 Å². The summed E-state index contributed by atoms with van der Waals surface area (Å²) in [5, 5.41) is 0. The van der Waals surface area contributed by atoms with Gasteiger partial charge < -0.3 is 9.26 Å². The van der Waals surface area contributed by atoms with Crippen molar-refractivity contribution in [3.05, 3.63) is 29.8 Å². The summed E-state index contributed by atoms with van der Waals surface area (Å²) in [6.45, 7) is 13.0. The molecular formula is C21H33O6P. The standard InChI is InChI=1S/C21H33O6P/c1-9-15(2)17-10-12-18(13-11-17)27-28(8,24)25-14-21(7,16(3)22)19(23)26-20(4,5)6/h10-13,15H,9,14H2,1-8H3. The molecule has 0 aromatic heterocycles. The zero-order chi connectivity index (χ0) is 21.8. The van der Waals surface area contributed by atoms with Gasteiger partial charge in [0.1, 0.15) is 22.5 Å². The van der Waals surface area contributed by atoms with Crippen molar-refractivity contribution in [2.45, 2.75) is 66.4 Å². The highest BCUT2D eigenvalue weighted by molar-refractivity contribution is 7.53. The highest BCUT2D eigenvalue weighted by Crippen LogP contribution is 2.46. The molecule has 0 saturated carbocycles. The van der Waals surface area contributed by atoms with Gasteiger partial charge in [-0.25, -0.2) is 4.57 Å². The second kappa shape index (κ2) is 9.23. The largest absolute Gasteiger partial charge is 0.459 e. The highest BCUT2D eigenvalue weighted by Gasteiger charge is 2.43. The Balaban J connectivity index is 2.85. The lowest BCUT2D eigenvalue weighted by Crippen LogP contribution is -2.43. The summed E-state index contributed by atoms with van der Waals surface area (Å²) in [5.41, 5.74) is -1.16. The maximum absolute atomic E-state index is 12.7. The Kier molecular flexibility index (Phi) is 8.04. The van der Waals surface area contributed by atoms with Crippen molar-refractivity contribution in [2.24, 2.45) is 5.41 Å². The van der Waals surface area contributed by atoms with Gasteiger partial charge in [-0.1, -0.05) is 26.0 Å². The van der Waals surface area contributed by atoms with Crippen molar-refractivity contribution in [1.29, 1.82) is 0 Å². The Morgan fingerprint density at radius 2 is 1.64 bits per heavy atom. The number of carbonyl (C=O) groups is 2. The number of rotatable bonds is 9. The fourth-order valence-electron chi connectivity index (χ4n) is 2.25. The van der Waals surface area contributed by atoms with Gasteiger partial charge >= 0.3 is 13.6 Å². The summed E-state index contributed by atoms with van der Waals surface area (Å²) in [5.74, 6) is -0.325.